The van der Waals surface area contributed by atoms with Crippen LogP contribution in [0.15, 0.2) is 18.3 Å². The minimum absolute atomic E-state index is 0.298. The van der Waals surface area contributed by atoms with Gasteiger partial charge in [0.25, 0.3) is 0 Å². The highest BCUT2D eigenvalue weighted by Crippen LogP contribution is 2.24. The summed E-state index contributed by atoms with van der Waals surface area (Å²) in [5.41, 5.74) is 7.34. The Kier molecular flexibility index (Phi) is 4.55. The molecular formula is C14H23N3O. The van der Waals surface area contributed by atoms with Gasteiger partial charge in [-0.25, -0.2) is 4.98 Å². The van der Waals surface area contributed by atoms with Crippen LogP contribution in [-0.4, -0.2) is 36.1 Å². The van der Waals surface area contributed by atoms with E-state index in [9.17, 15) is 0 Å². The van der Waals surface area contributed by atoms with Gasteiger partial charge in [-0.1, -0.05) is 18.9 Å². The van der Waals surface area contributed by atoms with Gasteiger partial charge in [0.05, 0.1) is 7.11 Å². The molecule has 1 heterocycles. The molecule has 100 valence electrons. The second kappa shape index (κ2) is 6.16. The maximum absolute atomic E-state index is 6.22. The summed E-state index contributed by atoms with van der Waals surface area (Å²) in [4.78, 5) is 6.57. The zero-order valence-electron chi connectivity index (χ0n) is 11.3. The summed E-state index contributed by atoms with van der Waals surface area (Å²) in [6, 6.07) is 4.79. The molecule has 1 aromatic heterocycles. The normalized spacial score (nSPS) is 24.2. The van der Waals surface area contributed by atoms with Crippen molar-refractivity contribution in [1.82, 2.24) is 9.88 Å². The predicted octanol–water partition coefficient (Wildman–Crippen LogP) is 1.79. The highest BCUT2D eigenvalue weighted by atomic mass is 16.5. The molecule has 2 N–H and O–H groups in total. The van der Waals surface area contributed by atoms with Crippen molar-refractivity contribution in [1.29, 1.82) is 0 Å². The Bertz CT molecular complexity index is 383. The molecule has 1 saturated carbocycles. The molecule has 18 heavy (non-hydrogen) atoms. The number of likely N-dealkylation sites (N-methyl/N-ethyl adjacent to an activating group) is 1. The van der Waals surface area contributed by atoms with Crippen molar-refractivity contribution in [2.75, 3.05) is 14.2 Å². The molecule has 1 aliphatic rings. The van der Waals surface area contributed by atoms with Crippen molar-refractivity contribution in [3.8, 4) is 5.88 Å². The molecule has 2 rings (SSSR count). The van der Waals surface area contributed by atoms with Crippen molar-refractivity contribution in [2.45, 2.75) is 44.3 Å². The fourth-order valence-corrected chi connectivity index (χ4v) is 2.80. The Morgan fingerprint density at radius 2 is 2.22 bits per heavy atom. The van der Waals surface area contributed by atoms with Crippen LogP contribution in [0, 0.1) is 0 Å². The van der Waals surface area contributed by atoms with E-state index in [-0.39, 0.29) is 0 Å². The Morgan fingerprint density at radius 1 is 1.44 bits per heavy atom. The minimum Gasteiger partial charge on any atom is -0.481 e. The molecule has 0 aromatic carbocycles. The van der Waals surface area contributed by atoms with Gasteiger partial charge in [0.2, 0.25) is 5.88 Å². The fraction of sp³-hybridized carbons (Fsp3) is 0.643. The first-order valence-corrected chi connectivity index (χ1v) is 6.66. The lowest BCUT2D eigenvalue weighted by atomic mass is 9.90. The van der Waals surface area contributed by atoms with Crippen LogP contribution in [0.25, 0.3) is 0 Å². The van der Waals surface area contributed by atoms with Gasteiger partial charge in [0.15, 0.2) is 0 Å². The molecule has 1 aliphatic carbocycles. The van der Waals surface area contributed by atoms with E-state index in [1.165, 1.54) is 19.3 Å². The molecular weight excluding hydrogens is 226 g/mol. The first-order chi connectivity index (χ1) is 8.72. The van der Waals surface area contributed by atoms with Crippen LogP contribution in [0.3, 0.4) is 0 Å². The van der Waals surface area contributed by atoms with E-state index in [0.717, 1.165) is 18.5 Å². The summed E-state index contributed by atoms with van der Waals surface area (Å²) in [5, 5.41) is 0. The predicted molar refractivity (Wildman–Crippen MR) is 72.5 cm³/mol. The van der Waals surface area contributed by atoms with Gasteiger partial charge in [-0.2, -0.15) is 0 Å². The van der Waals surface area contributed by atoms with Crippen molar-refractivity contribution >= 4 is 0 Å². The van der Waals surface area contributed by atoms with Crippen LogP contribution in [-0.2, 0) is 6.54 Å². The van der Waals surface area contributed by atoms with E-state index >= 15 is 0 Å². The van der Waals surface area contributed by atoms with Crippen LogP contribution >= 0.6 is 0 Å². The third-order valence-corrected chi connectivity index (χ3v) is 3.81. The van der Waals surface area contributed by atoms with Crippen molar-refractivity contribution in [2.24, 2.45) is 5.73 Å². The quantitative estimate of drug-likeness (QED) is 0.884. The smallest absolute Gasteiger partial charge is 0.217 e. The molecule has 0 amide bonds. The highest BCUT2D eigenvalue weighted by Gasteiger charge is 2.25. The zero-order valence-corrected chi connectivity index (χ0v) is 11.3. The number of rotatable bonds is 4. The Morgan fingerprint density at radius 3 is 2.94 bits per heavy atom. The van der Waals surface area contributed by atoms with Crippen LogP contribution in [0.1, 0.15) is 31.2 Å². The van der Waals surface area contributed by atoms with E-state index in [0.29, 0.717) is 18.0 Å². The average Bonchev–Trinajstić information content (AvgIpc) is 2.39. The number of nitrogens with two attached hydrogens (primary N) is 1. The first-order valence-electron chi connectivity index (χ1n) is 6.66. The zero-order chi connectivity index (χ0) is 13.0. The molecule has 0 saturated heterocycles. The molecule has 0 bridgehead atoms. The van der Waals surface area contributed by atoms with Gasteiger partial charge >= 0.3 is 0 Å². The van der Waals surface area contributed by atoms with Gasteiger partial charge in [-0.15, -0.1) is 0 Å². The van der Waals surface area contributed by atoms with Crippen LogP contribution < -0.4 is 10.5 Å². The summed E-state index contributed by atoms with van der Waals surface area (Å²) in [6.07, 6.45) is 6.64. The van der Waals surface area contributed by atoms with Crippen LogP contribution in [0.4, 0.5) is 0 Å². The monoisotopic (exact) mass is 249 g/mol. The number of hydrogen-bond acceptors (Lipinski definition) is 4. The average molecular weight is 249 g/mol. The SMILES string of the molecule is COc1ncccc1CN(C)C1CCCCC1N. The molecule has 0 aliphatic heterocycles. The highest BCUT2D eigenvalue weighted by molar-refractivity contribution is 5.25. The minimum atomic E-state index is 0.298. The maximum atomic E-state index is 6.22. The number of pyridine rings is 1. The van der Waals surface area contributed by atoms with E-state index < -0.39 is 0 Å². The topological polar surface area (TPSA) is 51.4 Å². The molecule has 2 atom stereocenters. The third kappa shape index (κ3) is 3.00. The van der Waals surface area contributed by atoms with Crippen LogP contribution in [0.2, 0.25) is 0 Å². The van der Waals surface area contributed by atoms with Crippen molar-refractivity contribution in [3.05, 3.63) is 23.9 Å². The molecule has 1 fully saturated rings. The molecule has 4 nitrogen and oxygen atoms in total. The lowest BCUT2D eigenvalue weighted by Crippen LogP contribution is -2.47. The lowest BCUT2D eigenvalue weighted by Gasteiger charge is -2.36. The van der Waals surface area contributed by atoms with E-state index in [4.69, 9.17) is 10.5 Å². The van der Waals surface area contributed by atoms with Gasteiger partial charge in [0, 0.05) is 30.4 Å². The first kappa shape index (κ1) is 13.3. The van der Waals surface area contributed by atoms with E-state index in [1.807, 2.05) is 6.07 Å². The van der Waals surface area contributed by atoms with Gasteiger partial charge in [0.1, 0.15) is 0 Å². The summed E-state index contributed by atoms with van der Waals surface area (Å²) in [5.74, 6) is 0.716. The maximum Gasteiger partial charge on any atom is 0.217 e. The van der Waals surface area contributed by atoms with Gasteiger partial charge < -0.3 is 10.5 Å². The molecule has 1 aromatic rings. The standard InChI is InChI=1S/C14H23N3O/c1-17(13-8-4-3-7-12(13)15)10-11-6-5-9-16-14(11)18-2/h5-6,9,12-13H,3-4,7-8,10,15H2,1-2H3. The van der Waals surface area contributed by atoms with Crippen molar-refractivity contribution < 1.29 is 4.74 Å². The Labute approximate surface area is 109 Å². The van der Waals surface area contributed by atoms with Gasteiger partial charge in [-0.05, 0) is 26.0 Å². The molecule has 0 spiro atoms. The molecule has 2 unspecified atom stereocenters. The van der Waals surface area contributed by atoms with Crippen molar-refractivity contribution in [3.63, 3.8) is 0 Å². The van der Waals surface area contributed by atoms with Gasteiger partial charge in [-0.3, -0.25) is 4.90 Å². The molecule has 0 radical (unpaired) electrons. The number of hydrogen-bond donors (Lipinski definition) is 1. The second-order valence-electron chi connectivity index (χ2n) is 5.10. The third-order valence-electron chi connectivity index (χ3n) is 3.81. The largest absolute Gasteiger partial charge is 0.481 e. The number of aromatic nitrogens is 1. The number of methoxy groups -OCH3 is 1. The van der Waals surface area contributed by atoms with E-state index in [2.05, 4.69) is 23.0 Å². The summed E-state index contributed by atoms with van der Waals surface area (Å²) in [7, 11) is 3.81. The summed E-state index contributed by atoms with van der Waals surface area (Å²) in [6.45, 7) is 0.843. The summed E-state index contributed by atoms with van der Waals surface area (Å²) >= 11 is 0. The Hall–Kier alpha value is -1.13. The Balaban J connectivity index is 2.03. The van der Waals surface area contributed by atoms with Crippen LogP contribution in [0.5, 0.6) is 5.88 Å². The second-order valence-corrected chi connectivity index (χ2v) is 5.10. The lowest BCUT2D eigenvalue weighted by molar-refractivity contribution is 0.160. The number of nitrogens with zero attached hydrogens (tertiary/aromatic N) is 2. The van der Waals surface area contributed by atoms with E-state index in [1.54, 1.807) is 13.3 Å². The number of ether oxygens (including phenoxy) is 1. The molecule has 4 heteroatoms. The summed E-state index contributed by atoms with van der Waals surface area (Å²) < 4.78 is 5.29. The fourth-order valence-electron chi connectivity index (χ4n) is 2.80.